The minimum Gasteiger partial charge on any atom is -0.316 e. The molecule has 0 fully saturated rings. The van der Waals surface area contributed by atoms with Crippen molar-refractivity contribution in [2.24, 2.45) is 17.3 Å². The highest BCUT2D eigenvalue weighted by Gasteiger charge is 2.15. The van der Waals surface area contributed by atoms with Gasteiger partial charge in [-0.25, -0.2) is 0 Å². The van der Waals surface area contributed by atoms with Crippen LogP contribution in [0.1, 0.15) is 41.5 Å². The first-order valence-corrected chi connectivity index (χ1v) is 6.60. The average Bonchev–Trinajstić information content (AvgIpc) is 1.98. The van der Waals surface area contributed by atoms with E-state index in [1.165, 1.54) is 13.1 Å². The van der Waals surface area contributed by atoms with Crippen molar-refractivity contribution in [1.82, 2.24) is 10.2 Å². The lowest BCUT2D eigenvalue weighted by atomic mass is 9.96. The first kappa shape index (κ1) is 15.9. The van der Waals surface area contributed by atoms with Crippen molar-refractivity contribution in [1.29, 1.82) is 0 Å². The third-order valence-electron chi connectivity index (χ3n) is 2.41. The van der Waals surface area contributed by atoms with Gasteiger partial charge in [0, 0.05) is 13.1 Å². The van der Waals surface area contributed by atoms with Gasteiger partial charge < -0.3 is 10.2 Å². The molecule has 1 unspecified atom stereocenters. The molecular weight excluding hydrogens is 196 g/mol. The van der Waals surface area contributed by atoms with Crippen molar-refractivity contribution in [3.8, 4) is 0 Å². The number of hydrogen-bond acceptors (Lipinski definition) is 2. The van der Waals surface area contributed by atoms with Crippen LogP contribution in [0.5, 0.6) is 0 Å². The maximum atomic E-state index is 3.53. The third-order valence-corrected chi connectivity index (χ3v) is 2.41. The highest BCUT2D eigenvalue weighted by atomic mass is 15.1. The minimum absolute atomic E-state index is 0.403. The van der Waals surface area contributed by atoms with Crippen LogP contribution in [0.3, 0.4) is 0 Å². The molecule has 0 rings (SSSR count). The second-order valence-electron chi connectivity index (χ2n) is 6.91. The van der Waals surface area contributed by atoms with Crippen LogP contribution in [0, 0.1) is 17.3 Å². The highest BCUT2D eigenvalue weighted by molar-refractivity contribution is 4.69. The molecule has 2 heteroatoms. The lowest BCUT2D eigenvalue weighted by Crippen LogP contribution is -2.36. The van der Waals surface area contributed by atoms with Crippen molar-refractivity contribution in [3.05, 3.63) is 0 Å². The molecule has 0 saturated carbocycles. The van der Waals surface area contributed by atoms with Gasteiger partial charge in [-0.3, -0.25) is 0 Å². The second kappa shape index (κ2) is 7.29. The Morgan fingerprint density at radius 3 is 2.06 bits per heavy atom. The molecule has 0 heterocycles. The first-order valence-electron chi connectivity index (χ1n) is 6.60. The van der Waals surface area contributed by atoms with Gasteiger partial charge in [0.1, 0.15) is 0 Å². The zero-order chi connectivity index (χ0) is 12.8. The molecule has 98 valence electrons. The molecule has 0 spiro atoms. The van der Waals surface area contributed by atoms with E-state index in [9.17, 15) is 0 Å². The van der Waals surface area contributed by atoms with Gasteiger partial charge in [-0.05, 0) is 37.4 Å². The maximum absolute atomic E-state index is 3.53. The smallest absolute Gasteiger partial charge is 0.00271 e. The Bertz CT molecular complexity index is 170. The fourth-order valence-electron chi connectivity index (χ4n) is 2.09. The molecule has 0 saturated heterocycles. The van der Waals surface area contributed by atoms with Crippen molar-refractivity contribution < 1.29 is 0 Å². The Balaban J connectivity index is 3.66. The molecule has 0 radical (unpaired) electrons. The van der Waals surface area contributed by atoms with Crippen LogP contribution in [0.2, 0.25) is 0 Å². The molecule has 0 amide bonds. The number of hydrogen-bond donors (Lipinski definition) is 1. The van der Waals surface area contributed by atoms with E-state index in [0.717, 1.165) is 24.9 Å². The number of rotatable bonds is 7. The Hall–Kier alpha value is -0.0800. The predicted octanol–water partition coefficient (Wildman–Crippen LogP) is 2.85. The summed E-state index contributed by atoms with van der Waals surface area (Å²) in [5.74, 6) is 1.48. The second-order valence-corrected chi connectivity index (χ2v) is 6.91. The van der Waals surface area contributed by atoms with Crippen molar-refractivity contribution in [2.45, 2.75) is 41.5 Å². The zero-order valence-electron chi connectivity index (χ0n) is 12.4. The number of nitrogens with one attached hydrogen (secondary N) is 1. The van der Waals surface area contributed by atoms with Crippen molar-refractivity contribution >= 4 is 0 Å². The quantitative estimate of drug-likeness (QED) is 0.721. The van der Waals surface area contributed by atoms with Crippen LogP contribution in [-0.4, -0.2) is 38.1 Å². The lowest BCUT2D eigenvalue weighted by Gasteiger charge is -2.28. The van der Waals surface area contributed by atoms with Crippen molar-refractivity contribution in [2.75, 3.05) is 33.2 Å². The predicted molar refractivity (Wildman–Crippen MR) is 73.8 cm³/mol. The van der Waals surface area contributed by atoms with Gasteiger partial charge >= 0.3 is 0 Å². The van der Waals surface area contributed by atoms with E-state index in [0.29, 0.717) is 5.41 Å². The van der Waals surface area contributed by atoms with E-state index in [4.69, 9.17) is 0 Å². The third kappa shape index (κ3) is 10.4. The summed E-state index contributed by atoms with van der Waals surface area (Å²) in [6, 6.07) is 0. The Labute approximate surface area is 103 Å². The van der Waals surface area contributed by atoms with Crippen LogP contribution in [0.4, 0.5) is 0 Å². The van der Waals surface area contributed by atoms with Crippen LogP contribution in [0.25, 0.3) is 0 Å². The standard InChI is InChI=1S/C14H32N2/c1-12(2)8-15-9-13(3)10-16(7)11-14(4,5)6/h12-13,15H,8-11H2,1-7H3. The van der Waals surface area contributed by atoms with Gasteiger partial charge in [-0.2, -0.15) is 0 Å². The van der Waals surface area contributed by atoms with E-state index in [2.05, 4.69) is 58.8 Å². The maximum Gasteiger partial charge on any atom is 0.00271 e. The Morgan fingerprint density at radius 2 is 1.62 bits per heavy atom. The van der Waals surface area contributed by atoms with E-state index in [1.54, 1.807) is 0 Å². The van der Waals surface area contributed by atoms with Gasteiger partial charge in [0.15, 0.2) is 0 Å². The summed E-state index contributed by atoms with van der Waals surface area (Å²) in [6.07, 6.45) is 0. The van der Waals surface area contributed by atoms with Crippen LogP contribution in [-0.2, 0) is 0 Å². The van der Waals surface area contributed by atoms with E-state index in [-0.39, 0.29) is 0 Å². The van der Waals surface area contributed by atoms with Gasteiger partial charge in [-0.1, -0.05) is 41.5 Å². The molecule has 0 aromatic carbocycles. The van der Waals surface area contributed by atoms with Gasteiger partial charge in [0.05, 0.1) is 0 Å². The monoisotopic (exact) mass is 228 g/mol. The molecule has 0 aromatic heterocycles. The van der Waals surface area contributed by atoms with Crippen molar-refractivity contribution in [3.63, 3.8) is 0 Å². The fraction of sp³-hybridized carbons (Fsp3) is 1.00. The molecule has 2 nitrogen and oxygen atoms in total. The molecule has 1 N–H and O–H groups in total. The molecule has 0 aliphatic heterocycles. The Morgan fingerprint density at radius 1 is 1.06 bits per heavy atom. The highest BCUT2D eigenvalue weighted by Crippen LogP contribution is 2.14. The topological polar surface area (TPSA) is 15.3 Å². The van der Waals surface area contributed by atoms with E-state index < -0.39 is 0 Å². The molecule has 0 bridgehead atoms. The summed E-state index contributed by atoms with van der Waals surface area (Å²) < 4.78 is 0. The normalized spacial score (nSPS) is 14.8. The molecular formula is C14H32N2. The molecule has 16 heavy (non-hydrogen) atoms. The Kier molecular flexibility index (Phi) is 7.25. The first-order chi connectivity index (χ1) is 7.20. The van der Waals surface area contributed by atoms with Crippen LogP contribution >= 0.6 is 0 Å². The number of nitrogens with zero attached hydrogens (tertiary/aromatic N) is 1. The molecule has 0 aliphatic rings. The lowest BCUT2D eigenvalue weighted by molar-refractivity contribution is 0.202. The molecule has 0 aromatic rings. The van der Waals surface area contributed by atoms with Gasteiger partial charge in [0.25, 0.3) is 0 Å². The average molecular weight is 228 g/mol. The van der Waals surface area contributed by atoms with Crippen LogP contribution < -0.4 is 5.32 Å². The largest absolute Gasteiger partial charge is 0.316 e. The zero-order valence-corrected chi connectivity index (χ0v) is 12.4. The SMILES string of the molecule is CC(C)CNCC(C)CN(C)CC(C)(C)C. The molecule has 1 atom stereocenters. The summed E-state index contributed by atoms with van der Waals surface area (Å²) in [4.78, 5) is 2.45. The summed E-state index contributed by atoms with van der Waals surface area (Å²) in [5, 5.41) is 3.53. The summed E-state index contributed by atoms with van der Waals surface area (Å²) >= 11 is 0. The minimum atomic E-state index is 0.403. The van der Waals surface area contributed by atoms with E-state index in [1.807, 2.05) is 0 Å². The van der Waals surface area contributed by atoms with Gasteiger partial charge in [-0.15, -0.1) is 0 Å². The van der Waals surface area contributed by atoms with E-state index >= 15 is 0 Å². The summed E-state index contributed by atoms with van der Waals surface area (Å²) in [5.41, 5.74) is 0.403. The summed E-state index contributed by atoms with van der Waals surface area (Å²) in [6.45, 7) is 18.3. The molecule has 0 aliphatic carbocycles. The fourth-order valence-corrected chi connectivity index (χ4v) is 2.09. The van der Waals surface area contributed by atoms with Crippen LogP contribution in [0.15, 0.2) is 0 Å². The van der Waals surface area contributed by atoms with Gasteiger partial charge in [0.2, 0.25) is 0 Å². The summed E-state index contributed by atoms with van der Waals surface area (Å²) in [7, 11) is 2.23.